The van der Waals surface area contributed by atoms with Crippen molar-refractivity contribution in [3.05, 3.63) is 35.1 Å². The van der Waals surface area contributed by atoms with Crippen LogP contribution in [0.3, 0.4) is 0 Å². The molecule has 0 aliphatic heterocycles. The molecule has 7 heteroatoms. The zero-order valence-electron chi connectivity index (χ0n) is 11.8. The van der Waals surface area contributed by atoms with Crippen molar-refractivity contribution < 1.29 is 14.3 Å². The molecule has 0 fully saturated rings. The second kappa shape index (κ2) is 6.94. The van der Waals surface area contributed by atoms with Crippen molar-refractivity contribution in [2.75, 3.05) is 13.2 Å². The van der Waals surface area contributed by atoms with Gasteiger partial charge in [0.25, 0.3) is 5.91 Å². The van der Waals surface area contributed by atoms with E-state index in [0.717, 1.165) is 10.6 Å². The Morgan fingerprint density at radius 2 is 2.05 bits per heavy atom. The molecule has 1 N–H and O–H groups in total. The number of carbonyl (C=O) groups excluding carboxylic acids is 2. The molecule has 0 spiro atoms. The lowest BCUT2D eigenvalue weighted by Gasteiger charge is -2.03. The van der Waals surface area contributed by atoms with E-state index in [1.54, 1.807) is 26.2 Å². The van der Waals surface area contributed by atoms with E-state index in [2.05, 4.69) is 15.3 Å². The summed E-state index contributed by atoms with van der Waals surface area (Å²) in [4.78, 5) is 32.1. The fourth-order valence-corrected chi connectivity index (χ4v) is 2.66. The lowest BCUT2D eigenvalue weighted by molar-refractivity contribution is -0.141. The van der Waals surface area contributed by atoms with Crippen molar-refractivity contribution in [1.82, 2.24) is 15.3 Å². The maximum atomic E-state index is 12.1. The first-order chi connectivity index (χ1) is 10.1. The molecule has 0 aliphatic rings. The monoisotopic (exact) mass is 305 g/mol. The van der Waals surface area contributed by atoms with Crippen LogP contribution in [0.2, 0.25) is 0 Å². The number of nitrogens with zero attached hydrogens (tertiary/aromatic N) is 2. The van der Waals surface area contributed by atoms with Crippen LogP contribution in [0.1, 0.15) is 22.3 Å². The highest BCUT2D eigenvalue weighted by atomic mass is 32.1. The number of ether oxygens (including phenoxy) is 1. The zero-order valence-corrected chi connectivity index (χ0v) is 12.6. The third-order valence-corrected chi connectivity index (χ3v) is 3.83. The first-order valence-electron chi connectivity index (χ1n) is 6.43. The maximum Gasteiger partial charge on any atom is 0.325 e. The van der Waals surface area contributed by atoms with Crippen LogP contribution < -0.4 is 5.32 Å². The van der Waals surface area contributed by atoms with E-state index < -0.39 is 5.97 Å². The summed E-state index contributed by atoms with van der Waals surface area (Å²) in [5.41, 5.74) is 1.54. The van der Waals surface area contributed by atoms with Gasteiger partial charge in [-0.05, 0) is 26.0 Å². The number of thiazole rings is 1. The summed E-state index contributed by atoms with van der Waals surface area (Å²) < 4.78 is 4.76. The first kappa shape index (κ1) is 15.1. The second-order valence-electron chi connectivity index (χ2n) is 4.16. The molecule has 2 heterocycles. The van der Waals surface area contributed by atoms with Crippen molar-refractivity contribution in [2.24, 2.45) is 0 Å². The summed E-state index contributed by atoms with van der Waals surface area (Å²) in [6.45, 7) is 3.63. The fourth-order valence-electron chi connectivity index (χ4n) is 1.67. The number of aryl methyl sites for hydroxylation is 1. The van der Waals surface area contributed by atoms with Gasteiger partial charge in [-0.15, -0.1) is 11.3 Å². The van der Waals surface area contributed by atoms with Crippen LogP contribution in [-0.2, 0) is 9.53 Å². The van der Waals surface area contributed by atoms with E-state index in [-0.39, 0.29) is 12.5 Å². The molecule has 110 valence electrons. The molecule has 2 rings (SSSR count). The Morgan fingerprint density at radius 1 is 1.33 bits per heavy atom. The Bertz CT molecular complexity index is 640. The number of aromatic nitrogens is 2. The van der Waals surface area contributed by atoms with E-state index >= 15 is 0 Å². The summed E-state index contributed by atoms with van der Waals surface area (Å²) in [7, 11) is 0. The Labute approximate surface area is 126 Å². The summed E-state index contributed by atoms with van der Waals surface area (Å²) in [6, 6.07) is 3.66. The number of hydrogen-bond acceptors (Lipinski definition) is 6. The van der Waals surface area contributed by atoms with Gasteiger partial charge >= 0.3 is 5.97 Å². The van der Waals surface area contributed by atoms with Gasteiger partial charge in [0.2, 0.25) is 0 Å². The van der Waals surface area contributed by atoms with Crippen LogP contribution in [-0.4, -0.2) is 35.0 Å². The van der Waals surface area contributed by atoms with Crippen molar-refractivity contribution in [2.45, 2.75) is 13.8 Å². The molecule has 0 radical (unpaired) electrons. The van der Waals surface area contributed by atoms with Crippen LogP contribution in [0.4, 0.5) is 0 Å². The van der Waals surface area contributed by atoms with E-state index in [1.807, 2.05) is 12.1 Å². The van der Waals surface area contributed by atoms with Crippen LogP contribution in [0.15, 0.2) is 24.5 Å². The number of amides is 1. The van der Waals surface area contributed by atoms with Crippen LogP contribution in [0, 0.1) is 6.92 Å². The van der Waals surface area contributed by atoms with Gasteiger partial charge < -0.3 is 10.1 Å². The smallest absolute Gasteiger partial charge is 0.325 e. The Kier molecular flexibility index (Phi) is 4.99. The molecule has 0 saturated carbocycles. The predicted octanol–water partition coefficient (Wildman–Crippen LogP) is 1.81. The van der Waals surface area contributed by atoms with Gasteiger partial charge in [-0.1, -0.05) is 0 Å². The topological polar surface area (TPSA) is 81.2 Å². The van der Waals surface area contributed by atoms with Gasteiger partial charge in [0.1, 0.15) is 16.4 Å². The highest BCUT2D eigenvalue weighted by molar-refractivity contribution is 7.17. The summed E-state index contributed by atoms with van der Waals surface area (Å²) in [5.74, 6) is -0.777. The molecule has 6 nitrogen and oxygen atoms in total. The normalized spacial score (nSPS) is 10.2. The average molecular weight is 305 g/mol. The highest BCUT2D eigenvalue weighted by Gasteiger charge is 2.17. The van der Waals surface area contributed by atoms with Gasteiger partial charge in [0.05, 0.1) is 12.3 Å². The molecule has 0 saturated heterocycles. The van der Waals surface area contributed by atoms with Crippen molar-refractivity contribution in [3.63, 3.8) is 0 Å². The average Bonchev–Trinajstić information content (AvgIpc) is 2.88. The van der Waals surface area contributed by atoms with E-state index in [0.29, 0.717) is 17.2 Å². The van der Waals surface area contributed by atoms with E-state index in [9.17, 15) is 9.59 Å². The van der Waals surface area contributed by atoms with Crippen LogP contribution in [0.25, 0.3) is 10.6 Å². The molecule has 1 amide bonds. The Morgan fingerprint density at radius 3 is 2.71 bits per heavy atom. The number of nitrogens with one attached hydrogen (secondary N) is 1. The van der Waals surface area contributed by atoms with Crippen LogP contribution >= 0.6 is 11.3 Å². The first-order valence-corrected chi connectivity index (χ1v) is 7.25. The van der Waals surface area contributed by atoms with E-state index in [1.165, 1.54) is 11.3 Å². The van der Waals surface area contributed by atoms with Gasteiger partial charge in [0, 0.05) is 18.0 Å². The second-order valence-corrected chi connectivity index (χ2v) is 5.16. The standard InChI is InChI=1S/C14H15N3O3S/c1-3-20-11(18)8-16-13(19)12-9(2)17-14(21-12)10-4-6-15-7-5-10/h4-7H,3,8H2,1-2H3,(H,16,19). The minimum Gasteiger partial charge on any atom is -0.465 e. The number of pyridine rings is 1. The largest absolute Gasteiger partial charge is 0.465 e. The molecule has 2 aromatic rings. The van der Waals surface area contributed by atoms with Gasteiger partial charge in [0.15, 0.2) is 0 Å². The van der Waals surface area contributed by atoms with E-state index in [4.69, 9.17) is 4.74 Å². The summed E-state index contributed by atoms with van der Waals surface area (Å²) in [5, 5.41) is 3.28. The third-order valence-electron chi connectivity index (χ3n) is 2.63. The Hall–Kier alpha value is -2.28. The minimum atomic E-state index is -0.456. The molecule has 0 bridgehead atoms. The SMILES string of the molecule is CCOC(=O)CNC(=O)c1sc(-c2ccncc2)nc1C. The molecule has 0 atom stereocenters. The fraction of sp³-hybridized carbons (Fsp3) is 0.286. The number of hydrogen-bond donors (Lipinski definition) is 1. The molecule has 0 unspecified atom stereocenters. The summed E-state index contributed by atoms with van der Waals surface area (Å²) >= 11 is 1.28. The maximum absolute atomic E-state index is 12.1. The minimum absolute atomic E-state index is 0.144. The molecule has 21 heavy (non-hydrogen) atoms. The van der Waals surface area contributed by atoms with Gasteiger partial charge in [-0.3, -0.25) is 14.6 Å². The predicted molar refractivity (Wildman–Crippen MR) is 79.0 cm³/mol. The highest BCUT2D eigenvalue weighted by Crippen LogP contribution is 2.27. The molecule has 0 aliphatic carbocycles. The van der Waals surface area contributed by atoms with Crippen molar-refractivity contribution in [3.8, 4) is 10.6 Å². The molecule has 0 aromatic carbocycles. The van der Waals surface area contributed by atoms with Gasteiger partial charge in [-0.2, -0.15) is 0 Å². The Balaban J connectivity index is 2.09. The zero-order chi connectivity index (χ0) is 15.2. The lowest BCUT2D eigenvalue weighted by Crippen LogP contribution is -2.30. The number of rotatable bonds is 5. The quantitative estimate of drug-likeness (QED) is 0.852. The third kappa shape index (κ3) is 3.85. The van der Waals surface area contributed by atoms with Crippen molar-refractivity contribution in [1.29, 1.82) is 0 Å². The molecular weight excluding hydrogens is 290 g/mol. The van der Waals surface area contributed by atoms with Crippen molar-refractivity contribution >= 4 is 23.2 Å². The number of carbonyl (C=O) groups is 2. The number of esters is 1. The summed E-state index contributed by atoms with van der Waals surface area (Å²) in [6.07, 6.45) is 3.35. The van der Waals surface area contributed by atoms with Gasteiger partial charge in [-0.25, -0.2) is 4.98 Å². The molecular formula is C14H15N3O3S. The molecule has 2 aromatic heterocycles. The van der Waals surface area contributed by atoms with Crippen LogP contribution in [0.5, 0.6) is 0 Å². The lowest BCUT2D eigenvalue weighted by atomic mass is 10.3.